The predicted octanol–water partition coefficient (Wildman–Crippen LogP) is 3.50. The van der Waals surface area contributed by atoms with Crippen LogP contribution in [0, 0.1) is 24.0 Å². The maximum absolute atomic E-state index is 12.3. The number of halogens is 1. The number of carbonyl (C=O) groups is 2. The Balaban J connectivity index is 2.97. The van der Waals surface area contributed by atoms with Crippen LogP contribution in [0.2, 0.25) is 5.02 Å². The summed E-state index contributed by atoms with van der Waals surface area (Å²) in [6, 6.07) is 3.99. The summed E-state index contributed by atoms with van der Waals surface area (Å²) < 4.78 is 9.60. The number of esters is 2. The van der Waals surface area contributed by atoms with Gasteiger partial charge in [-0.15, -0.1) is 0 Å². The molecule has 9 heteroatoms. The average molecular weight is 379 g/mol. The van der Waals surface area contributed by atoms with Gasteiger partial charge in [-0.2, -0.15) is 0 Å². The molecule has 0 radical (unpaired) electrons. The molecule has 0 aliphatic rings. The first-order chi connectivity index (χ1) is 12.2. The summed E-state index contributed by atoms with van der Waals surface area (Å²) in [6.07, 6.45) is 0. The fourth-order valence-electron chi connectivity index (χ4n) is 2.65. The van der Waals surface area contributed by atoms with Crippen molar-refractivity contribution in [1.82, 2.24) is 4.98 Å². The smallest absolute Gasteiger partial charge is 0.340 e. The number of methoxy groups -OCH3 is 2. The van der Waals surface area contributed by atoms with Crippen LogP contribution in [-0.4, -0.2) is 36.1 Å². The van der Waals surface area contributed by atoms with Crippen LogP contribution in [0.25, 0.3) is 11.1 Å². The molecule has 0 spiro atoms. The minimum Gasteiger partial charge on any atom is -0.465 e. The lowest BCUT2D eigenvalue weighted by atomic mass is 9.92. The molecular formula is C17H15ClN2O6. The fraction of sp³-hybridized carbons (Fsp3) is 0.235. The number of nitro groups is 1. The van der Waals surface area contributed by atoms with Crippen LogP contribution >= 0.6 is 11.6 Å². The first-order valence-electron chi connectivity index (χ1n) is 7.35. The van der Waals surface area contributed by atoms with Crippen LogP contribution in [0.15, 0.2) is 18.2 Å². The molecule has 0 amide bonds. The van der Waals surface area contributed by atoms with E-state index >= 15 is 0 Å². The van der Waals surface area contributed by atoms with Gasteiger partial charge in [-0.3, -0.25) is 15.1 Å². The Labute approximate surface area is 153 Å². The molecule has 0 unspecified atom stereocenters. The van der Waals surface area contributed by atoms with Crippen molar-refractivity contribution in [2.24, 2.45) is 0 Å². The van der Waals surface area contributed by atoms with Crippen molar-refractivity contribution < 1.29 is 24.0 Å². The molecular weight excluding hydrogens is 364 g/mol. The van der Waals surface area contributed by atoms with Crippen LogP contribution in [0.5, 0.6) is 0 Å². The van der Waals surface area contributed by atoms with Gasteiger partial charge in [-0.05, 0) is 25.5 Å². The Morgan fingerprint density at radius 2 is 1.58 bits per heavy atom. The van der Waals surface area contributed by atoms with Gasteiger partial charge in [-0.1, -0.05) is 17.7 Å². The Morgan fingerprint density at radius 1 is 1.08 bits per heavy atom. The third-order valence-electron chi connectivity index (χ3n) is 3.77. The highest BCUT2D eigenvalue weighted by Gasteiger charge is 2.28. The standard InChI is InChI=1S/C17H15ClN2O6/c1-8-13(16(21)25-3)15(14(9(2)19-8)17(22)26-4)10-5-6-11(18)12(7-10)20(23)24/h5-7H,1-4H3. The second-order valence-corrected chi connectivity index (χ2v) is 5.72. The monoisotopic (exact) mass is 378 g/mol. The SMILES string of the molecule is COC(=O)c1c(C)nc(C)c(C(=O)OC)c1-c1ccc(Cl)c([N+](=O)[O-])c1. The van der Waals surface area contributed by atoms with Gasteiger partial charge in [0.05, 0.1) is 41.7 Å². The number of hydrogen-bond acceptors (Lipinski definition) is 7. The summed E-state index contributed by atoms with van der Waals surface area (Å²) in [4.78, 5) is 39.4. The van der Waals surface area contributed by atoms with Crippen LogP contribution in [0.1, 0.15) is 32.1 Å². The predicted molar refractivity (Wildman–Crippen MR) is 93.5 cm³/mol. The number of benzene rings is 1. The van der Waals surface area contributed by atoms with Crippen molar-refractivity contribution in [2.75, 3.05) is 14.2 Å². The maximum atomic E-state index is 12.3. The zero-order valence-electron chi connectivity index (χ0n) is 14.5. The van der Waals surface area contributed by atoms with Crippen molar-refractivity contribution in [3.05, 3.63) is 55.9 Å². The van der Waals surface area contributed by atoms with Gasteiger partial charge >= 0.3 is 11.9 Å². The molecule has 0 fully saturated rings. The summed E-state index contributed by atoms with van der Waals surface area (Å²) in [5.41, 5.74) is 0.710. The number of aromatic nitrogens is 1. The van der Waals surface area contributed by atoms with Crippen molar-refractivity contribution >= 4 is 29.2 Å². The zero-order chi connectivity index (χ0) is 19.6. The summed E-state index contributed by atoms with van der Waals surface area (Å²) in [6.45, 7) is 3.16. The van der Waals surface area contributed by atoms with Gasteiger partial charge in [0.1, 0.15) is 5.02 Å². The topological polar surface area (TPSA) is 109 Å². The molecule has 0 aliphatic heterocycles. The normalized spacial score (nSPS) is 10.3. The van der Waals surface area contributed by atoms with Gasteiger partial charge in [0.15, 0.2) is 0 Å². The quantitative estimate of drug-likeness (QED) is 0.455. The van der Waals surface area contributed by atoms with Crippen LogP contribution < -0.4 is 0 Å². The highest BCUT2D eigenvalue weighted by Crippen LogP contribution is 2.36. The Hall–Kier alpha value is -3.00. The van der Waals surface area contributed by atoms with E-state index in [-0.39, 0.29) is 33.0 Å². The van der Waals surface area contributed by atoms with E-state index in [1.165, 1.54) is 32.4 Å². The van der Waals surface area contributed by atoms with E-state index in [0.29, 0.717) is 11.4 Å². The number of nitrogens with zero attached hydrogens (tertiary/aromatic N) is 2. The number of pyridine rings is 1. The lowest BCUT2D eigenvalue weighted by Gasteiger charge is -2.17. The van der Waals surface area contributed by atoms with Gasteiger partial charge in [0.25, 0.3) is 5.69 Å². The maximum Gasteiger partial charge on any atom is 0.340 e. The van der Waals surface area contributed by atoms with E-state index in [9.17, 15) is 19.7 Å². The van der Waals surface area contributed by atoms with E-state index in [4.69, 9.17) is 21.1 Å². The molecule has 1 aromatic carbocycles. The van der Waals surface area contributed by atoms with E-state index in [2.05, 4.69) is 4.98 Å². The number of carbonyl (C=O) groups excluding carboxylic acids is 2. The third-order valence-corrected chi connectivity index (χ3v) is 4.09. The van der Waals surface area contributed by atoms with Crippen LogP contribution in [-0.2, 0) is 9.47 Å². The molecule has 0 bridgehead atoms. The molecule has 0 N–H and O–H groups in total. The van der Waals surface area contributed by atoms with E-state index in [1.807, 2.05) is 0 Å². The van der Waals surface area contributed by atoms with Crippen molar-refractivity contribution in [3.63, 3.8) is 0 Å². The van der Waals surface area contributed by atoms with Gasteiger partial charge in [-0.25, -0.2) is 9.59 Å². The lowest BCUT2D eigenvalue weighted by Crippen LogP contribution is -2.16. The van der Waals surface area contributed by atoms with Crippen LogP contribution in [0.3, 0.4) is 0 Å². The number of hydrogen-bond donors (Lipinski definition) is 0. The summed E-state index contributed by atoms with van der Waals surface area (Å²) in [7, 11) is 2.38. The molecule has 8 nitrogen and oxygen atoms in total. The second-order valence-electron chi connectivity index (χ2n) is 5.31. The Bertz CT molecular complexity index is 886. The molecule has 0 saturated carbocycles. The zero-order valence-corrected chi connectivity index (χ0v) is 15.2. The molecule has 0 saturated heterocycles. The van der Waals surface area contributed by atoms with E-state index < -0.39 is 16.9 Å². The number of nitro benzene ring substituents is 1. The summed E-state index contributed by atoms with van der Waals surface area (Å²) in [5, 5.41) is 11.1. The number of ether oxygens (including phenoxy) is 2. The molecule has 1 heterocycles. The van der Waals surface area contributed by atoms with E-state index in [1.54, 1.807) is 13.8 Å². The van der Waals surface area contributed by atoms with Gasteiger partial charge < -0.3 is 9.47 Å². The Kier molecular flexibility index (Phi) is 5.56. The van der Waals surface area contributed by atoms with Gasteiger partial charge in [0.2, 0.25) is 0 Å². The average Bonchev–Trinajstić information content (AvgIpc) is 2.60. The second kappa shape index (κ2) is 7.49. The number of rotatable bonds is 4. The molecule has 2 aromatic rings. The lowest BCUT2D eigenvalue weighted by molar-refractivity contribution is -0.384. The molecule has 136 valence electrons. The van der Waals surface area contributed by atoms with E-state index in [0.717, 1.165) is 0 Å². The first kappa shape index (κ1) is 19.3. The number of aryl methyl sites for hydroxylation is 2. The molecule has 1 aromatic heterocycles. The summed E-state index contributed by atoms with van der Waals surface area (Å²) in [5.74, 6) is -1.46. The minimum absolute atomic E-state index is 0.0233. The highest BCUT2D eigenvalue weighted by atomic mass is 35.5. The minimum atomic E-state index is -0.729. The van der Waals surface area contributed by atoms with Crippen molar-refractivity contribution in [1.29, 1.82) is 0 Å². The largest absolute Gasteiger partial charge is 0.465 e. The molecule has 2 rings (SSSR count). The van der Waals surface area contributed by atoms with Gasteiger partial charge in [0, 0.05) is 11.6 Å². The molecule has 0 aliphatic carbocycles. The van der Waals surface area contributed by atoms with Crippen LogP contribution in [0.4, 0.5) is 5.69 Å². The van der Waals surface area contributed by atoms with Crippen molar-refractivity contribution in [2.45, 2.75) is 13.8 Å². The highest BCUT2D eigenvalue weighted by molar-refractivity contribution is 6.32. The molecule has 0 atom stereocenters. The summed E-state index contributed by atoms with van der Waals surface area (Å²) >= 11 is 5.86. The fourth-order valence-corrected chi connectivity index (χ4v) is 2.84. The third kappa shape index (κ3) is 3.36. The van der Waals surface area contributed by atoms with Crippen molar-refractivity contribution in [3.8, 4) is 11.1 Å². The first-order valence-corrected chi connectivity index (χ1v) is 7.72. The Morgan fingerprint density at radius 3 is 2.00 bits per heavy atom. The molecule has 26 heavy (non-hydrogen) atoms.